The number of aryl methyl sites for hydroxylation is 1. The van der Waals surface area contributed by atoms with Gasteiger partial charge in [-0.1, -0.05) is 6.42 Å². The van der Waals surface area contributed by atoms with Crippen molar-refractivity contribution in [1.29, 1.82) is 0 Å². The fourth-order valence-electron chi connectivity index (χ4n) is 2.38. The van der Waals surface area contributed by atoms with Gasteiger partial charge in [0.15, 0.2) is 5.82 Å². The number of thiazole rings is 1. The fraction of sp³-hybridized carbons (Fsp3) is 0.636. The normalized spacial score (nSPS) is 18.9. The van der Waals surface area contributed by atoms with E-state index in [9.17, 15) is 0 Å². The minimum atomic E-state index is 0.0685. The predicted octanol–water partition coefficient (Wildman–Crippen LogP) is 1.24. The van der Waals surface area contributed by atoms with Gasteiger partial charge >= 0.3 is 0 Å². The van der Waals surface area contributed by atoms with E-state index in [1.807, 2.05) is 11.6 Å². The lowest BCUT2D eigenvalue weighted by molar-refractivity contribution is 0.181. The highest BCUT2D eigenvalue weighted by molar-refractivity contribution is 7.09. The van der Waals surface area contributed by atoms with E-state index in [0.717, 1.165) is 23.9 Å². The Balaban J connectivity index is 1.92. The zero-order chi connectivity index (χ0) is 12.4. The maximum absolute atomic E-state index is 4.44. The molecule has 0 amide bonds. The molecule has 0 saturated carbocycles. The number of hydrogen-bond donors (Lipinski definition) is 0. The number of rotatable bonds is 3. The van der Waals surface area contributed by atoms with Crippen LogP contribution in [0.4, 0.5) is 0 Å². The van der Waals surface area contributed by atoms with Crippen molar-refractivity contribution in [1.82, 2.24) is 30.1 Å². The standard InChI is InChI=1S/C11H16N6S/c1-16-14-10(13-15-16)9(11-12-5-8-18-11)17-6-3-2-4-7-17/h5,8-9H,2-4,6-7H2,1H3. The van der Waals surface area contributed by atoms with Gasteiger partial charge in [-0.15, -0.1) is 21.5 Å². The minimum absolute atomic E-state index is 0.0685. The third-order valence-corrected chi connectivity index (χ3v) is 4.04. The lowest BCUT2D eigenvalue weighted by atomic mass is 10.1. The average Bonchev–Trinajstić information content (AvgIpc) is 3.04. The van der Waals surface area contributed by atoms with Crippen LogP contribution in [0.15, 0.2) is 11.6 Å². The van der Waals surface area contributed by atoms with Crippen molar-refractivity contribution >= 4 is 11.3 Å². The van der Waals surface area contributed by atoms with Crippen molar-refractivity contribution in [2.75, 3.05) is 13.1 Å². The van der Waals surface area contributed by atoms with Gasteiger partial charge < -0.3 is 0 Å². The van der Waals surface area contributed by atoms with E-state index >= 15 is 0 Å². The molecule has 0 aromatic carbocycles. The molecule has 6 nitrogen and oxygen atoms in total. The predicted molar refractivity (Wildman–Crippen MR) is 68.2 cm³/mol. The molecule has 0 bridgehead atoms. The van der Waals surface area contributed by atoms with Gasteiger partial charge in [0.25, 0.3) is 0 Å². The smallest absolute Gasteiger partial charge is 0.198 e. The number of tetrazole rings is 1. The summed E-state index contributed by atoms with van der Waals surface area (Å²) < 4.78 is 0. The zero-order valence-electron chi connectivity index (χ0n) is 10.4. The van der Waals surface area contributed by atoms with Crippen molar-refractivity contribution in [3.63, 3.8) is 0 Å². The molecule has 1 saturated heterocycles. The molecular formula is C11H16N6S. The Morgan fingerprint density at radius 3 is 2.72 bits per heavy atom. The first kappa shape index (κ1) is 11.7. The largest absolute Gasteiger partial charge is 0.288 e. The van der Waals surface area contributed by atoms with E-state index in [2.05, 4.69) is 25.3 Å². The van der Waals surface area contributed by atoms with E-state index in [0.29, 0.717) is 0 Å². The van der Waals surface area contributed by atoms with E-state index < -0.39 is 0 Å². The number of hydrogen-bond acceptors (Lipinski definition) is 6. The molecule has 0 spiro atoms. The first-order valence-corrected chi connectivity index (χ1v) is 7.10. The van der Waals surface area contributed by atoms with Gasteiger partial charge in [-0.3, -0.25) is 4.90 Å². The van der Waals surface area contributed by atoms with Gasteiger partial charge in [0.2, 0.25) is 0 Å². The molecule has 1 aliphatic rings. The molecule has 2 aromatic rings. The van der Waals surface area contributed by atoms with Gasteiger partial charge in [-0.05, 0) is 31.1 Å². The summed E-state index contributed by atoms with van der Waals surface area (Å²) in [6.45, 7) is 2.17. The molecule has 3 heterocycles. The Hall–Kier alpha value is -1.34. The van der Waals surface area contributed by atoms with Crippen LogP contribution in [0.3, 0.4) is 0 Å². The van der Waals surface area contributed by atoms with Crippen molar-refractivity contribution in [2.24, 2.45) is 7.05 Å². The molecular weight excluding hydrogens is 248 g/mol. The van der Waals surface area contributed by atoms with Crippen LogP contribution >= 0.6 is 11.3 Å². The highest BCUT2D eigenvalue weighted by Crippen LogP contribution is 2.29. The van der Waals surface area contributed by atoms with Crippen molar-refractivity contribution in [2.45, 2.75) is 25.3 Å². The molecule has 3 rings (SSSR count). The maximum Gasteiger partial charge on any atom is 0.198 e. The third-order valence-electron chi connectivity index (χ3n) is 3.21. The van der Waals surface area contributed by atoms with Crippen LogP contribution in [-0.2, 0) is 7.05 Å². The number of aromatic nitrogens is 5. The fourth-order valence-corrected chi connectivity index (χ4v) is 3.15. The Labute approximate surface area is 110 Å². The second-order valence-electron chi connectivity index (χ2n) is 4.51. The van der Waals surface area contributed by atoms with Crippen LogP contribution in [-0.4, -0.2) is 43.2 Å². The van der Waals surface area contributed by atoms with E-state index in [-0.39, 0.29) is 6.04 Å². The molecule has 96 valence electrons. The molecule has 0 aliphatic carbocycles. The van der Waals surface area contributed by atoms with Gasteiger partial charge in [0, 0.05) is 11.6 Å². The van der Waals surface area contributed by atoms with E-state index in [1.165, 1.54) is 24.1 Å². The number of likely N-dealkylation sites (tertiary alicyclic amines) is 1. The summed E-state index contributed by atoms with van der Waals surface area (Å²) in [6, 6.07) is 0.0685. The van der Waals surface area contributed by atoms with Gasteiger partial charge in [-0.25, -0.2) is 4.98 Å². The van der Waals surface area contributed by atoms with Crippen molar-refractivity contribution in [3.8, 4) is 0 Å². The monoisotopic (exact) mass is 264 g/mol. The summed E-state index contributed by atoms with van der Waals surface area (Å²) >= 11 is 1.66. The maximum atomic E-state index is 4.44. The summed E-state index contributed by atoms with van der Waals surface area (Å²) in [6.07, 6.45) is 5.63. The summed E-state index contributed by atoms with van der Waals surface area (Å²) in [5, 5.41) is 15.5. The highest BCUT2D eigenvalue weighted by Gasteiger charge is 2.29. The SMILES string of the molecule is Cn1nnc(C(c2nccs2)N2CCCCC2)n1. The van der Waals surface area contributed by atoms with Crippen molar-refractivity contribution < 1.29 is 0 Å². The molecule has 1 aliphatic heterocycles. The van der Waals surface area contributed by atoms with Crippen LogP contribution in [0.5, 0.6) is 0 Å². The first-order chi connectivity index (χ1) is 8.84. The average molecular weight is 264 g/mol. The lowest BCUT2D eigenvalue weighted by Crippen LogP contribution is -2.35. The quantitative estimate of drug-likeness (QED) is 0.835. The van der Waals surface area contributed by atoms with Crippen LogP contribution in [0.1, 0.15) is 36.1 Å². The molecule has 0 N–H and O–H groups in total. The second kappa shape index (κ2) is 5.11. The summed E-state index contributed by atoms with van der Waals surface area (Å²) in [7, 11) is 1.80. The topological polar surface area (TPSA) is 59.7 Å². The number of piperidine rings is 1. The van der Waals surface area contributed by atoms with Gasteiger partial charge in [0.05, 0.1) is 7.05 Å². The van der Waals surface area contributed by atoms with E-state index in [1.54, 1.807) is 18.4 Å². The molecule has 1 fully saturated rings. The van der Waals surface area contributed by atoms with Gasteiger partial charge in [-0.2, -0.15) is 4.80 Å². The lowest BCUT2D eigenvalue weighted by Gasteiger charge is -2.31. The Bertz CT molecular complexity index is 487. The Morgan fingerprint density at radius 2 is 2.11 bits per heavy atom. The molecule has 1 atom stereocenters. The van der Waals surface area contributed by atoms with E-state index in [4.69, 9.17) is 0 Å². The number of nitrogens with zero attached hydrogens (tertiary/aromatic N) is 6. The van der Waals surface area contributed by atoms with Crippen LogP contribution in [0, 0.1) is 0 Å². The second-order valence-corrected chi connectivity index (χ2v) is 5.43. The van der Waals surface area contributed by atoms with Crippen LogP contribution < -0.4 is 0 Å². The molecule has 7 heteroatoms. The molecule has 18 heavy (non-hydrogen) atoms. The molecule has 1 unspecified atom stereocenters. The summed E-state index contributed by atoms with van der Waals surface area (Å²) in [4.78, 5) is 8.37. The van der Waals surface area contributed by atoms with Crippen molar-refractivity contribution in [3.05, 3.63) is 22.4 Å². The Kier molecular flexibility index (Phi) is 3.33. The molecule has 2 aromatic heterocycles. The highest BCUT2D eigenvalue weighted by atomic mass is 32.1. The first-order valence-electron chi connectivity index (χ1n) is 6.22. The molecule has 0 radical (unpaired) electrons. The Morgan fingerprint density at radius 1 is 1.28 bits per heavy atom. The third kappa shape index (κ3) is 2.28. The zero-order valence-corrected chi connectivity index (χ0v) is 11.2. The van der Waals surface area contributed by atoms with Crippen LogP contribution in [0.2, 0.25) is 0 Å². The minimum Gasteiger partial charge on any atom is -0.288 e. The van der Waals surface area contributed by atoms with Gasteiger partial charge in [0.1, 0.15) is 11.0 Å². The summed E-state index contributed by atoms with van der Waals surface area (Å²) in [5.41, 5.74) is 0. The van der Waals surface area contributed by atoms with Crippen LogP contribution in [0.25, 0.3) is 0 Å². The summed E-state index contributed by atoms with van der Waals surface area (Å²) in [5.74, 6) is 0.759.